The van der Waals surface area contributed by atoms with Crippen LogP contribution in [0.5, 0.6) is 0 Å². The second-order valence-electron chi connectivity index (χ2n) is 3.92. The molecule has 5 heteroatoms. The molecule has 78 valence electrons. The lowest BCUT2D eigenvalue weighted by atomic mass is 10.1. The van der Waals surface area contributed by atoms with E-state index in [1.807, 2.05) is 0 Å². The van der Waals surface area contributed by atoms with Crippen LogP contribution in [0, 0.1) is 5.41 Å². The Hall–Kier alpha value is -0.710. The lowest BCUT2D eigenvalue weighted by molar-refractivity contribution is -0.149. The molecule has 2 N–H and O–H groups in total. The molecule has 0 radical (unpaired) electrons. The van der Waals surface area contributed by atoms with Gasteiger partial charge in [0.1, 0.15) is 5.41 Å². The molecular weight excluding hydrogens is 202 g/mol. The predicted molar refractivity (Wildman–Crippen MR) is 53.2 cm³/mol. The van der Waals surface area contributed by atoms with Gasteiger partial charge in [-0.1, -0.05) is 0 Å². The Morgan fingerprint density at radius 1 is 1.43 bits per heavy atom. The van der Waals surface area contributed by atoms with E-state index in [0.717, 1.165) is 17.9 Å². The number of nitrogens with one attached hydrogen (secondary N) is 1. The van der Waals surface area contributed by atoms with Crippen molar-refractivity contribution >= 4 is 23.6 Å². The van der Waals surface area contributed by atoms with E-state index in [1.165, 1.54) is 0 Å². The maximum atomic E-state index is 11.6. The zero-order valence-corrected chi connectivity index (χ0v) is 8.60. The molecule has 1 unspecified atom stereocenters. The van der Waals surface area contributed by atoms with E-state index in [0.29, 0.717) is 12.8 Å². The molecule has 1 heterocycles. The quantitative estimate of drug-likeness (QED) is 0.672. The average Bonchev–Trinajstić information content (AvgIpc) is 2.81. The number of carbonyl (C=O) groups excluding carboxylic acids is 1. The van der Waals surface area contributed by atoms with Gasteiger partial charge in [0.2, 0.25) is 5.91 Å². The molecule has 1 amide bonds. The third kappa shape index (κ3) is 1.61. The van der Waals surface area contributed by atoms with Crippen LogP contribution >= 0.6 is 11.8 Å². The van der Waals surface area contributed by atoms with E-state index in [-0.39, 0.29) is 11.9 Å². The summed E-state index contributed by atoms with van der Waals surface area (Å²) in [5.41, 5.74) is -1.08. The van der Waals surface area contributed by atoms with Crippen molar-refractivity contribution in [3.63, 3.8) is 0 Å². The van der Waals surface area contributed by atoms with Gasteiger partial charge >= 0.3 is 5.97 Å². The first kappa shape index (κ1) is 9.83. The lowest BCUT2D eigenvalue weighted by Crippen LogP contribution is -2.42. The third-order valence-electron chi connectivity index (χ3n) is 2.86. The molecule has 14 heavy (non-hydrogen) atoms. The molecule has 1 saturated heterocycles. The molecule has 0 aromatic rings. The Bertz CT molecular complexity index is 269. The van der Waals surface area contributed by atoms with Gasteiger partial charge in [0.05, 0.1) is 0 Å². The standard InChI is InChI=1S/C9H13NO3S/c11-7(9(2-3-9)8(12)13)10-6-1-4-14-5-6/h6H,1-5H2,(H,10,11)(H,12,13). The normalized spacial score (nSPS) is 28.4. The number of carbonyl (C=O) groups is 2. The summed E-state index contributed by atoms with van der Waals surface area (Å²) in [5, 5.41) is 11.7. The number of thioether (sulfide) groups is 1. The van der Waals surface area contributed by atoms with Crippen molar-refractivity contribution < 1.29 is 14.7 Å². The average molecular weight is 215 g/mol. The molecule has 1 aliphatic heterocycles. The highest BCUT2D eigenvalue weighted by atomic mass is 32.2. The summed E-state index contributed by atoms with van der Waals surface area (Å²) in [6.07, 6.45) is 1.95. The van der Waals surface area contributed by atoms with Crippen molar-refractivity contribution in [1.29, 1.82) is 0 Å². The van der Waals surface area contributed by atoms with Crippen molar-refractivity contribution in [3.8, 4) is 0 Å². The summed E-state index contributed by atoms with van der Waals surface area (Å²) in [6, 6.07) is 0.185. The lowest BCUT2D eigenvalue weighted by Gasteiger charge is -2.15. The minimum absolute atomic E-state index is 0.185. The number of amides is 1. The zero-order valence-electron chi connectivity index (χ0n) is 7.78. The third-order valence-corrected chi connectivity index (χ3v) is 4.02. The van der Waals surface area contributed by atoms with E-state index < -0.39 is 11.4 Å². The number of aliphatic carboxylic acids is 1. The first-order valence-corrected chi connectivity index (χ1v) is 5.93. The van der Waals surface area contributed by atoms with Crippen molar-refractivity contribution in [2.24, 2.45) is 5.41 Å². The molecule has 0 bridgehead atoms. The molecule has 1 atom stereocenters. The smallest absolute Gasteiger partial charge is 0.319 e. The van der Waals surface area contributed by atoms with Gasteiger partial charge in [-0.25, -0.2) is 0 Å². The Morgan fingerprint density at radius 3 is 2.57 bits per heavy atom. The highest BCUT2D eigenvalue weighted by Gasteiger charge is 2.57. The van der Waals surface area contributed by atoms with Crippen molar-refractivity contribution in [2.45, 2.75) is 25.3 Å². The second kappa shape index (κ2) is 3.46. The minimum atomic E-state index is -1.08. The highest BCUT2D eigenvalue weighted by molar-refractivity contribution is 7.99. The van der Waals surface area contributed by atoms with E-state index >= 15 is 0 Å². The van der Waals surface area contributed by atoms with Gasteiger partial charge in [0.25, 0.3) is 0 Å². The summed E-state index contributed by atoms with van der Waals surface area (Å²) >= 11 is 1.80. The van der Waals surface area contributed by atoms with Gasteiger partial charge < -0.3 is 10.4 Å². The molecule has 2 rings (SSSR count). The Kier molecular flexibility index (Phi) is 2.43. The predicted octanol–water partition coefficient (Wildman–Crippen LogP) is 0.473. The van der Waals surface area contributed by atoms with Gasteiger partial charge in [-0.2, -0.15) is 11.8 Å². The minimum Gasteiger partial charge on any atom is -0.480 e. The first-order chi connectivity index (χ1) is 6.65. The van der Waals surface area contributed by atoms with E-state index in [4.69, 9.17) is 5.11 Å². The molecule has 1 saturated carbocycles. The second-order valence-corrected chi connectivity index (χ2v) is 5.07. The fraction of sp³-hybridized carbons (Fsp3) is 0.778. The topological polar surface area (TPSA) is 66.4 Å². The summed E-state index contributed by atoms with van der Waals surface area (Å²) in [6.45, 7) is 0. The fourth-order valence-corrected chi connectivity index (χ4v) is 2.79. The highest BCUT2D eigenvalue weighted by Crippen LogP contribution is 2.46. The monoisotopic (exact) mass is 215 g/mol. The van der Waals surface area contributed by atoms with E-state index in [1.54, 1.807) is 11.8 Å². The van der Waals surface area contributed by atoms with Gasteiger partial charge in [-0.3, -0.25) is 9.59 Å². The van der Waals surface area contributed by atoms with Crippen LogP contribution in [0.3, 0.4) is 0 Å². The van der Waals surface area contributed by atoms with E-state index in [2.05, 4.69) is 5.32 Å². The van der Waals surface area contributed by atoms with Gasteiger partial charge in [-0.05, 0) is 25.0 Å². The fourth-order valence-electron chi connectivity index (χ4n) is 1.63. The van der Waals surface area contributed by atoms with Crippen LogP contribution in [0.1, 0.15) is 19.3 Å². The summed E-state index contributed by atoms with van der Waals surface area (Å²) in [5.74, 6) is 0.727. The summed E-state index contributed by atoms with van der Waals surface area (Å²) < 4.78 is 0. The molecule has 2 aliphatic rings. The maximum Gasteiger partial charge on any atom is 0.319 e. The molecule has 1 aliphatic carbocycles. The van der Waals surface area contributed by atoms with Crippen LogP contribution in [0.15, 0.2) is 0 Å². The van der Waals surface area contributed by atoms with Crippen molar-refractivity contribution in [3.05, 3.63) is 0 Å². The molecular formula is C9H13NO3S. The largest absolute Gasteiger partial charge is 0.480 e. The number of hydrogen-bond donors (Lipinski definition) is 2. The Labute approximate surface area is 86.4 Å². The molecule has 4 nitrogen and oxygen atoms in total. The van der Waals surface area contributed by atoms with Crippen LogP contribution in [0.2, 0.25) is 0 Å². The maximum absolute atomic E-state index is 11.6. The number of rotatable bonds is 3. The van der Waals surface area contributed by atoms with Crippen LogP contribution in [0.25, 0.3) is 0 Å². The van der Waals surface area contributed by atoms with E-state index in [9.17, 15) is 9.59 Å². The van der Waals surface area contributed by atoms with Gasteiger partial charge in [-0.15, -0.1) is 0 Å². The van der Waals surface area contributed by atoms with Crippen LogP contribution in [-0.4, -0.2) is 34.5 Å². The zero-order chi connectivity index (χ0) is 10.2. The molecule has 0 aromatic heterocycles. The van der Waals surface area contributed by atoms with Crippen LogP contribution < -0.4 is 5.32 Å². The van der Waals surface area contributed by atoms with Gasteiger partial charge in [0, 0.05) is 11.8 Å². The molecule has 0 aromatic carbocycles. The van der Waals surface area contributed by atoms with Gasteiger partial charge in [0.15, 0.2) is 0 Å². The van der Waals surface area contributed by atoms with Crippen molar-refractivity contribution in [2.75, 3.05) is 11.5 Å². The Morgan fingerprint density at radius 2 is 2.14 bits per heavy atom. The van der Waals surface area contributed by atoms with Crippen molar-refractivity contribution in [1.82, 2.24) is 5.32 Å². The van der Waals surface area contributed by atoms with Crippen LogP contribution in [0.4, 0.5) is 0 Å². The Balaban J connectivity index is 1.92. The summed E-state index contributed by atoms with van der Waals surface area (Å²) in [4.78, 5) is 22.5. The first-order valence-electron chi connectivity index (χ1n) is 4.77. The molecule has 2 fully saturated rings. The number of carboxylic acids is 1. The molecule has 0 spiro atoms. The summed E-state index contributed by atoms with van der Waals surface area (Å²) in [7, 11) is 0. The number of hydrogen-bond acceptors (Lipinski definition) is 3. The SMILES string of the molecule is O=C(O)C1(C(=O)NC2CCSC2)CC1. The number of carboxylic acid groups (broad SMARTS) is 1. The van der Waals surface area contributed by atoms with Crippen LogP contribution in [-0.2, 0) is 9.59 Å².